The first-order valence-corrected chi connectivity index (χ1v) is 9.91. The summed E-state index contributed by atoms with van der Waals surface area (Å²) in [6, 6.07) is 15.2. The molecule has 0 saturated carbocycles. The standard InChI is InChI=1S/C18H23ClN2O2S/c1-14(2)21-24(22,23)13-16-9-7-15(8-10-16)11-20-12-17-5-3-4-6-18(17)19/h3-10,14,20-21H,11-13H2,1-2H3. The lowest BCUT2D eigenvalue weighted by Gasteiger charge is -2.10. The van der Waals surface area contributed by atoms with Gasteiger partial charge in [0.1, 0.15) is 0 Å². The first-order chi connectivity index (χ1) is 11.4. The third kappa shape index (κ3) is 6.24. The van der Waals surface area contributed by atoms with Crippen molar-refractivity contribution in [3.05, 3.63) is 70.2 Å². The van der Waals surface area contributed by atoms with Gasteiger partial charge in [-0.25, -0.2) is 13.1 Å². The molecule has 0 atom stereocenters. The molecule has 24 heavy (non-hydrogen) atoms. The van der Waals surface area contributed by atoms with Gasteiger partial charge in [-0.15, -0.1) is 0 Å². The lowest BCUT2D eigenvalue weighted by molar-refractivity contribution is 0.569. The van der Waals surface area contributed by atoms with E-state index < -0.39 is 10.0 Å². The third-order valence-electron chi connectivity index (χ3n) is 3.40. The topological polar surface area (TPSA) is 58.2 Å². The normalized spacial score (nSPS) is 11.8. The van der Waals surface area contributed by atoms with Gasteiger partial charge in [-0.3, -0.25) is 0 Å². The fraction of sp³-hybridized carbons (Fsp3) is 0.333. The van der Waals surface area contributed by atoms with Crippen LogP contribution in [-0.4, -0.2) is 14.5 Å². The number of halogens is 1. The molecule has 0 saturated heterocycles. The second-order valence-electron chi connectivity index (χ2n) is 6.04. The molecule has 4 nitrogen and oxygen atoms in total. The molecule has 0 aliphatic heterocycles. The van der Waals surface area contributed by atoms with E-state index in [0.29, 0.717) is 13.1 Å². The Morgan fingerprint density at radius 1 is 0.958 bits per heavy atom. The fourth-order valence-corrected chi connectivity index (χ4v) is 3.99. The number of nitrogens with one attached hydrogen (secondary N) is 2. The first kappa shape index (κ1) is 18.9. The summed E-state index contributed by atoms with van der Waals surface area (Å²) < 4.78 is 26.4. The number of hydrogen-bond donors (Lipinski definition) is 2. The maximum atomic E-state index is 11.9. The summed E-state index contributed by atoms with van der Waals surface area (Å²) in [5.41, 5.74) is 2.93. The molecule has 130 valence electrons. The summed E-state index contributed by atoms with van der Waals surface area (Å²) in [7, 11) is -3.28. The van der Waals surface area contributed by atoms with Gasteiger partial charge in [-0.05, 0) is 36.6 Å². The average molecular weight is 367 g/mol. The van der Waals surface area contributed by atoms with Gasteiger partial charge < -0.3 is 5.32 Å². The van der Waals surface area contributed by atoms with Crippen molar-refractivity contribution >= 4 is 21.6 Å². The van der Waals surface area contributed by atoms with Crippen molar-refractivity contribution < 1.29 is 8.42 Å². The highest BCUT2D eigenvalue weighted by atomic mass is 35.5. The van der Waals surface area contributed by atoms with Crippen molar-refractivity contribution in [2.75, 3.05) is 0 Å². The molecule has 0 radical (unpaired) electrons. The fourth-order valence-electron chi connectivity index (χ4n) is 2.36. The van der Waals surface area contributed by atoms with Crippen LogP contribution in [0.25, 0.3) is 0 Å². The van der Waals surface area contributed by atoms with E-state index >= 15 is 0 Å². The van der Waals surface area contributed by atoms with E-state index in [9.17, 15) is 8.42 Å². The second kappa shape index (κ2) is 8.62. The number of benzene rings is 2. The Kier molecular flexibility index (Phi) is 6.80. The summed E-state index contributed by atoms with van der Waals surface area (Å²) >= 11 is 6.12. The number of sulfonamides is 1. The largest absolute Gasteiger partial charge is 0.309 e. The van der Waals surface area contributed by atoms with Crippen LogP contribution in [0.3, 0.4) is 0 Å². The Morgan fingerprint density at radius 3 is 2.21 bits per heavy atom. The van der Waals surface area contributed by atoms with E-state index in [4.69, 9.17) is 11.6 Å². The van der Waals surface area contributed by atoms with Gasteiger partial charge in [0, 0.05) is 24.2 Å². The molecule has 2 N–H and O–H groups in total. The minimum atomic E-state index is -3.28. The SMILES string of the molecule is CC(C)NS(=O)(=O)Cc1ccc(CNCc2ccccc2Cl)cc1. The summed E-state index contributed by atoms with van der Waals surface area (Å²) in [6.07, 6.45) is 0. The molecule has 2 rings (SSSR count). The Hall–Kier alpha value is -1.40. The highest BCUT2D eigenvalue weighted by Gasteiger charge is 2.12. The summed E-state index contributed by atoms with van der Waals surface area (Å²) in [6.45, 7) is 5.01. The maximum absolute atomic E-state index is 11.9. The van der Waals surface area contributed by atoms with Gasteiger partial charge in [0.05, 0.1) is 5.75 Å². The lowest BCUT2D eigenvalue weighted by Crippen LogP contribution is -2.31. The van der Waals surface area contributed by atoms with Crippen LogP contribution in [0.15, 0.2) is 48.5 Å². The van der Waals surface area contributed by atoms with Crippen molar-refractivity contribution in [3.8, 4) is 0 Å². The lowest BCUT2D eigenvalue weighted by atomic mass is 10.1. The predicted molar refractivity (Wildman–Crippen MR) is 99.3 cm³/mol. The Morgan fingerprint density at radius 2 is 1.58 bits per heavy atom. The van der Waals surface area contributed by atoms with E-state index in [0.717, 1.165) is 21.7 Å². The minimum absolute atomic E-state index is 0.00148. The van der Waals surface area contributed by atoms with Crippen molar-refractivity contribution in [1.82, 2.24) is 10.0 Å². The summed E-state index contributed by atoms with van der Waals surface area (Å²) in [5.74, 6) is -0.00148. The van der Waals surface area contributed by atoms with Crippen LogP contribution >= 0.6 is 11.6 Å². The summed E-state index contributed by atoms with van der Waals surface area (Å²) in [5, 5.41) is 4.09. The number of hydrogen-bond acceptors (Lipinski definition) is 3. The predicted octanol–water partition coefficient (Wildman–Crippen LogP) is 3.46. The maximum Gasteiger partial charge on any atom is 0.216 e. The smallest absolute Gasteiger partial charge is 0.216 e. The molecule has 2 aromatic rings. The van der Waals surface area contributed by atoms with Crippen LogP contribution in [0.2, 0.25) is 5.02 Å². The van der Waals surface area contributed by atoms with Gasteiger partial charge in [-0.2, -0.15) is 0 Å². The van der Waals surface area contributed by atoms with E-state index in [-0.39, 0.29) is 11.8 Å². The second-order valence-corrected chi connectivity index (χ2v) is 8.20. The van der Waals surface area contributed by atoms with Crippen LogP contribution in [0.5, 0.6) is 0 Å². The molecule has 2 aromatic carbocycles. The highest BCUT2D eigenvalue weighted by Crippen LogP contribution is 2.14. The molecule has 0 aliphatic rings. The average Bonchev–Trinajstić information content (AvgIpc) is 2.49. The third-order valence-corrected chi connectivity index (χ3v) is 5.31. The van der Waals surface area contributed by atoms with Crippen molar-refractivity contribution in [2.24, 2.45) is 0 Å². The van der Waals surface area contributed by atoms with Gasteiger partial charge in [-0.1, -0.05) is 54.1 Å². The van der Waals surface area contributed by atoms with E-state index in [1.807, 2.05) is 62.4 Å². The van der Waals surface area contributed by atoms with Gasteiger partial charge in [0.25, 0.3) is 0 Å². The molecule has 0 heterocycles. The molecule has 0 unspecified atom stereocenters. The molecule has 0 amide bonds. The van der Waals surface area contributed by atoms with Crippen LogP contribution in [0.1, 0.15) is 30.5 Å². The van der Waals surface area contributed by atoms with Crippen molar-refractivity contribution in [1.29, 1.82) is 0 Å². The molecule has 0 bridgehead atoms. The molecule has 0 fully saturated rings. The van der Waals surface area contributed by atoms with Crippen molar-refractivity contribution in [2.45, 2.75) is 38.7 Å². The van der Waals surface area contributed by atoms with Crippen molar-refractivity contribution in [3.63, 3.8) is 0 Å². The highest BCUT2D eigenvalue weighted by molar-refractivity contribution is 7.88. The minimum Gasteiger partial charge on any atom is -0.309 e. The zero-order valence-corrected chi connectivity index (χ0v) is 15.5. The van der Waals surface area contributed by atoms with E-state index in [1.54, 1.807) is 0 Å². The zero-order chi connectivity index (χ0) is 17.6. The molecule has 0 aliphatic carbocycles. The van der Waals surface area contributed by atoms with E-state index in [2.05, 4.69) is 10.0 Å². The number of rotatable bonds is 8. The zero-order valence-electron chi connectivity index (χ0n) is 13.9. The summed E-state index contributed by atoms with van der Waals surface area (Å²) in [4.78, 5) is 0. The molecule has 0 aromatic heterocycles. The van der Waals surface area contributed by atoms with Gasteiger partial charge in [0.15, 0.2) is 0 Å². The monoisotopic (exact) mass is 366 g/mol. The van der Waals surface area contributed by atoms with Crippen LogP contribution in [-0.2, 0) is 28.9 Å². The Bertz CT molecular complexity index is 759. The van der Waals surface area contributed by atoms with Gasteiger partial charge >= 0.3 is 0 Å². The van der Waals surface area contributed by atoms with Crippen LogP contribution in [0.4, 0.5) is 0 Å². The van der Waals surface area contributed by atoms with Crippen LogP contribution in [0, 0.1) is 0 Å². The van der Waals surface area contributed by atoms with Crippen LogP contribution < -0.4 is 10.0 Å². The molecular formula is C18H23ClN2O2S. The first-order valence-electron chi connectivity index (χ1n) is 7.87. The van der Waals surface area contributed by atoms with Gasteiger partial charge in [0.2, 0.25) is 10.0 Å². The molecular weight excluding hydrogens is 344 g/mol. The van der Waals surface area contributed by atoms with E-state index in [1.165, 1.54) is 0 Å². The quantitative estimate of drug-likeness (QED) is 0.752. The Labute approximate surface area is 149 Å². The molecule has 6 heteroatoms. The molecule has 0 spiro atoms. The Balaban J connectivity index is 1.87.